The zero-order chi connectivity index (χ0) is 32.7. The zero-order valence-electron chi connectivity index (χ0n) is 27.6. The molecular weight excluding hydrogens is 581 g/mol. The van der Waals surface area contributed by atoms with Gasteiger partial charge in [0.2, 0.25) is 0 Å². The second-order valence-corrected chi connectivity index (χ2v) is 12.2. The molecule has 2 nitrogen and oxygen atoms in total. The maximum absolute atomic E-state index is 2.40. The number of allylic oxidation sites excluding steroid dienone is 4. The summed E-state index contributed by atoms with van der Waals surface area (Å²) in [5.74, 6) is 0.455. The van der Waals surface area contributed by atoms with Crippen molar-refractivity contribution < 1.29 is 0 Å². The van der Waals surface area contributed by atoms with E-state index in [-0.39, 0.29) is 0 Å². The SMILES string of the molecule is C/C=C\C=C(/c1ccccc1)N(c1ccccc1)c1ccc(-c2ccc(N(c3ccccc3)c3cccc4c3C(C)CC=C4)cc2)cc1. The van der Waals surface area contributed by atoms with Crippen LogP contribution in [-0.2, 0) is 0 Å². The van der Waals surface area contributed by atoms with Gasteiger partial charge in [-0.25, -0.2) is 0 Å². The molecule has 6 aromatic carbocycles. The molecular formula is C46H40N2. The van der Waals surface area contributed by atoms with Crippen molar-refractivity contribution in [3.05, 3.63) is 199 Å². The topological polar surface area (TPSA) is 6.48 Å². The van der Waals surface area contributed by atoms with Crippen LogP contribution >= 0.6 is 0 Å². The van der Waals surface area contributed by atoms with Crippen LogP contribution < -0.4 is 9.80 Å². The van der Waals surface area contributed by atoms with Crippen LogP contribution in [0.2, 0.25) is 0 Å². The molecule has 6 aromatic rings. The summed E-state index contributed by atoms with van der Waals surface area (Å²) in [5, 5.41) is 0. The highest BCUT2D eigenvalue weighted by molar-refractivity contribution is 5.89. The molecule has 1 unspecified atom stereocenters. The lowest BCUT2D eigenvalue weighted by atomic mass is 9.86. The number of nitrogens with zero attached hydrogens (tertiary/aromatic N) is 2. The van der Waals surface area contributed by atoms with Gasteiger partial charge in [-0.1, -0.05) is 134 Å². The maximum atomic E-state index is 2.40. The van der Waals surface area contributed by atoms with Crippen LogP contribution in [0.3, 0.4) is 0 Å². The minimum absolute atomic E-state index is 0.455. The molecule has 1 aliphatic carbocycles. The minimum Gasteiger partial charge on any atom is -0.310 e. The third kappa shape index (κ3) is 6.38. The molecule has 0 aliphatic heterocycles. The van der Waals surface area contributed by atoms with Gasteiger partial charge >= 0.3 is 0 Å². The molecule has 0 heterocycles. The quantitative estimate of drug-likeness (QED) is 0.148. The lowest BCUT2D eigenvalue weighted by molar-refractivity contribution is 0.771. The highest BCUT2D eigenvalue weighted by Gasteiger charge is 2.22. The summed E-state index contributed by atoms with van der Waals surface area (Å²) in [5.41, 5.74) is 13.1. The number of rotatable bonds is 9. The van der Waals surface area contributed by atoms with Crippen LogP contribution in [0.15, 0.2) is 182 Å². The average Bonchev–Trinajstić information content (AvgIpc) is 3.15. The van der Waals surface area contributed by atoms with Gasteiger partial charge in [-0.3, -0.25) is 0 Å². The molecule has 0 saturated carbocycles. The Labute approximate surface area is 285 Å². The molecule has 0 spiro atoms. The third-order valence-corrected chi connectivity index (χ3v) is 9.01. The minimum atomic E-state index is 0.455. The Kier molecular flexibility index (Phi) is 9.15. The Morgan fingerprint density at radius 3 is 1.75 bits per heavy atom. The fourth-order valence-electron chi connectivity index (χ4n) is 6.68. The zero-order valence-corrected chi connectivity index (χ0v) is 27.6. The smallest absolute Gasteiger partial charge is 0.0533 e. The number of anilines is 5. The summed E-state index contributed by atoms with van der Waals surface area (Å²) < 4.78 is 0. The first-order valence-electron chi connectivity index (χ1n) is 16.8. The van der Waals surface area contributed by atoms with Crippen LogP contribution in [0.25, 0.3) is 22.9 Å². The van der Waals surface area contributed by atoms with E-state index in [0.29, 0.717) is 5.92 Å². The average molecular weight is 621 g/mol. The van der Waals surface area contributed by atoms with E-state index in [9.17, 15) is 0 Å². The molecule has 1 atom stereocenters. The van der Waals surface area contributed by atoms with Gasteiger partial charge < -0.3 is 9.80 Å². The molecule has 0 aromatic heterocycles. The van der Waals surface area contributed by atoms with Crippen LogP contribution in [0, 0.1) is 0 Å². The van der Waals surface area contributed by atoms with Crippen LogP contribution in [0.1, 0.15) is 42.9 Å². The predicted octanol–water partition coefficient (Wildman–Crippen LogP) is 13.1. The van der Waals surface area contributed by atoms with Gasteiger partial charge in [0, 0.05) is 22.7 Å². The summed E-state index contributed by atoms with van der Waals surface area (Å²) in [6.07, 6.45) is 12.0. The summed E-state index contributed by atoms with van der Waals surface area (Å²) in [4.78, 5) is 4.73. The highest BCUT2D eigenvalue weighted by atomic mass is 15.2. The molecule has 2 heteroatoms. The lowest BCUT2D eigenvalue weighted by Gasteiger charge is -2.31. The molecule has 48 heavy (non-hydrogen) atoms. The van der Waals surface area contributed by atoms with E-state index in [1.54, 1.807) is 0 Å². The molecule has 1 aliphatic rings. The van der Waals surface area contributed by atoms with E-state index in [1.165, 1.54) is 27.9 Å². The second-order valence-electron chi connectivity index (χ2n) is 12.2. The summed E-state index contributed by atoms with van der Waals surface area (Å²) >= 11 is 0. The van der Waals surface area contributed by atoms with Crippen molar-refractivity contribution in [2.75, 3.05) is 9.80 Å². The molecule has 0 N–H and O–H groups in total. The van der Waals surface area contributed by atoms with Crippen LogP contribution in [-0.4, -0.2) is 0 Å². The fourth-order valence-corrected chi connectivity index (χ4v) is 6.68. The molecule has 0 saturated heterocycles. The Bertz CT molecular complexity index is 2040. The number of hydrogen-bond acceptors (Lipinski definition) is 2. The largest absolute Gasteiger partial charge is 0.310 e. The molecule has 7 rings (SSSR count). The second kappa shape index (κ2) is 14.3. The van der Waals surface area contributed by atoms with Crippen molar-refractivity contribution in [2.24, 2.45) is 0 Å². The van der Waals surface area contributed by atoms with Crippen molar-refractivity contribution in [2.45, 2.75) is 26.2 Å². The van der Waals surface area contributed by atoms with Gasteiger partial charge in [0.15, 0.2) is 0 Å². The summed E-state index contributed by atoms with van der Waals surface area (Å²) in [7, 11) is 0. The van der Waals surface area contributed by atoms with E-state index in [1.807, 2.05) is 0 Å². The first kappa shape index (κ1) is 30.8. The van der Waals surface area contributed by atoms with E-state index < -0.39 is 0 Å². The Balaban J connectivity index is 1.24. The van der Waals surface area contributed by atoms with E-state index in [2.05, 4.69) is 212 Å². The first-order chi connectivity index (χ1) is 23.7. The highest BCUT2D eigenvalue weighted by Crippen LogP contribution is 2.44. The van der Waals surface area contributed by atoms with Gasteiger partial charge in [0.05, 0.1) is 11.4 Å². The fraction of sp³-hybridized carbons (Fsp3) is 0.0870. The van der Waals surface area contributed by atoms with E-state index in [0.717, 1.165) is 40.4 Å². The van der Waals surface area contributed by atoms with Crippen molar-refractivity contribution in [3.8, 4) is 11.1 Å². The van der Waals surface area contributed by atoms with Crippen molar-refractivity contribution in [1.29, 1.82) is 0 Å². The van der Waals surface area contributed by atoms with Crippen LogP contribution in [0.5, 0.6) is 0 Å². The maximum Gasteiger partial charge on any atom is 0.0533 e. The Hall–Kier alpha value is -5.86. The van der Waals surface area contributed by atoms with Crippen molar-refractivity contribution >= 4 is 40.2 Å². The molecule has 0 radical (unpaired) electrons. The molecule has 234 valence electrons. The summed E-state index contributed by atoms with van der Waals surface area (Å²) in [6, 6.07) is 56.5. The lowest BCUT2D eigenvalue weighted by Crippen LogP contribution is -2.15. The number of fused-ring (bicyclic) bond motifs is 1. The predicted molar refractivity (Wildman–Crippen MR) is 206 cm³/mol. The van der Waals surface area contributed by atoms with Gasteiger partial charge in [-0.05, 0) is 108 Å². The molecule has 0 bridgehead atoms. The Morgan fingerprint density at radius 2 is 1.12 bits per heavy atom. The van der Waals surface area contributed by atoms with E-state index in [4.69, 9.17) is 0 Å². The van der Waals surface area contributed by atoms with Gasteiger partial charge in [0.1, 0.15) is 0 Å². The van der Waals surface area contributed by atoms with Gasteiger partial charge in [-0.15, -0.1) is 0 Å². The molecule has 0 amide bonds. The molecule has 0 fully saturated rings. The van der Waals surface area contributed by atoms with Gasteiger partial charge in [-0.2, -0.15) is 0 Å². The van der Waals surface area contributed by atoms with E-state index >= 15 is 0 Å². The monoisotopic (exact) mass is 620 g/mol. The van der Waals surface area contributed by atoms with Crippen LogP contribution in [0.4, 0.5) is 28.4 Å². The van der Waals surface area contributed by atoms with Crippen molar-refractivity contribution in [3.63, 3.8) is 0 Å². The Morgan fingerprint density at radius 1 is 0.583 bits per heavy atom. The first-order valence-corrected chi connectivity index (χ1v) is 16.8. The number of para-hydroxylation sites is 2. The standard InChI is InChI=1S/C46H40N2/c1-3-4-25-44(38-17-8-5-9-18-38)47(40-21-10-6-11-22-40)42-31-27-36(28-32-42)37-29-33-43(34-30-37)48(41-23-12-7-13-24-41)45-26-15-20-39-19-14-16-35(2)46(39)45/h3-15,17-35H,16H2,1-2H3/b4-3-,44-25+. The normalized spacial score (nSPS) is 14.1. The van der Waals surface area contributed by atoms with Crippen molar-refractivity contribution in [1.82, 2.24) is 0 Å². The summed E-state index contributed by atoms with van der Waals surface area (Å²) in [6.45, 7) is 4.39. The third-order valence-electron chi connectivity index (χ3n) is 9.01. The number of hydrogen-bond donors (Lipinski definition) is 0. The number of benzene rings is 6. The van der Waals surface area contributed by atoms with Gasteiger partial charge in [0.25, 0.3) is 0 Å².